The van der Waals surface area contributed by atoms with Crippen LogP contribution in [-0.2, 0) is 24.4 Å². The Bertz CT molecular complexity index is 415. The van der Waals surface area contributed by atoms with Crippen molar-refractivity contribution in [2.45, 2.75) is 104 Å². The first kappa shape index (κ1) is 36.8. The molecule has 0 bridgehead atoms. The molecule has 1 aromatic carbocycles. The fourth-order valence-corrected chi connectivity index (χ4v) is 6.38. The van der Waals surface area contributed by atoms with Gasteiger partial charge in [-0.2, -0.15) is 36.4 Å². The van der Waals surface area contributed by atoms with Crippen molar-refractivity contribution in [3.8, 4) is 0 Å². The van der Waals surface area contributed by atoms with E-state index in [0.717, 1.165) is 0 Å². The molecule has 0 unspecified atom stereocenters. The predicted octanol–water partition coefficient (Wildman–Crippen LogP) is 8.84. The van der Waals surface area contributed by atoms with E-state index in [2.05, 4.69) is 109 Å². The van der Waals surface area contributed by atoms with Crippen LogP contribution in [0.1, 0.15) is 83.1 Å². The van der Waals surface area contributed by atoms with E-state index in [1.807, 2.05) is 30.3 Å². The number of hydrogen-bond acceptors (Lipinski definition) is 0. The molecule has 1 aromatic rings. The molecule has 0 heterocycles. The van der Waals surface area contributed by atoms with Gasteiger partial charge in [-0.1, -0.05) is 98.9 Å². The molecule has 0 saturated heterocycles. The maximum atomic E-state index is 7.50. The van der Waals surface area contributed by atoms with Crippen molar-refractivity contribution in [1.29, 1.82) is 0 Å². The SMILES string of the molecule is CP(C(C)(C)C)C(C)(C)C.CP(C(C)(C)C)C(C)(C)C.[C-]#[O+].[Os+].[c-]1ccccc1. The molecule has 1 radical (unpaired) electrons. The van der Waals surface area contributed by atoms with Gasteiger partial charge in [0.25, 0.3) is 0 Å². The second-order valence-corrected chi connectivity index (χ2v) is 18.5. The Morgan fingerprint density at radius 2 is 0.759 bits per heavy atom. The molecule has 0 aliphatic heterocycles. The topological polar surface area (TPSA) is 19.9 Å². The van der Waals surface area contributed by atoms with Crippen molar-refractivity contribution >= 4 is 15.8 Å². The van der Waals surface area contributed by atoms with Crippen LogP contribution in [0.25, 0.3) is 0 Å². The molecule has 0 atom stereocenters. The minimum atomic E-state index is 0. The summed E-state index contributed by atoms with van der Waals surface area (Å²) in [6, 6.07) is 12.5. The molecule has 0 fully saturated rings. The van der Waals surface area contributed by atoms with E-state index in [9.17, 15) is 0 Å². The minimum absolute atomic E-state index is 0. The maximum absolute atomic E-state index is 7.50. The molecule has 29 heavy (non-hydrogen) atoms. The van der Waals surface area contributed by atoms with Gasteiger partial charge >= 0.3 is 31.1 Å². The maximum Gasteiger partial charge on any atom is 1.00 e. The molecule has 0 aliphatic carbocycles. The van der Waals surface area contributed by atoms with Crippen molar-refractivity contribution in [2.75, 3.05) is 13.3 Å². The molecule has 0 aromatic heterocycles. The van der Waals surface area contributed by atoms with Crippen LogP contribution < -0.4 is 0 Å². The van der Waals surface area contributed by atoms with Crippen LogP contribution >= 0.6 is 15.8 Å². The van der Waals surface area contributed by atoms with Crippen LogP contribution in [0.3, 0.4) is 0 Å². The van der Waals surface area contributed by atoms with E-state index in [1.165, 1.54) is 0 Å². The van der Waals surface area contributed by atoms with Gasteiger partial charge in [0.2, 0.25) is 0 Å². The molecule has 1 rings (SSSR count). The summed E-state index contributed by atoms with van der Waals surface area (Å²) in [7, 11) is 0.275. The first-order chi connectivity index (χ1) is 12.3. The zero-order valence-electron chi connectivity index (χ0n) is 21.5. The Hall–Kier alpha value is 0.456. The van der Waals surface area contributed by atoms with Crippen molar-refractivity contribution < 1.29 is 24.4 Å². The number of rotatable bonds is 0. The van der Waals surface area contributed by atoms with Crippen molar-refractivity contribution in [3.63, 3.8) is 0 Å². The van der Waals surface area contributed by atoms with Gasteiger partial charge in [-0.15, -0.1) is 0 Å². The fraction of sp³-hybridized carbons (Fsp3) is 0.720. The third-order valence-electron chi connectivity index (χ3n) is 4.63. The Morgan fingerprint density at radius 1 is 0.552 bits per heavy atom. The van der Waals surface area contributed by atoms with E-state index in [4.69, 9.17) is 4.65 Å². The smallest absolute Gasteiger partial charge is 0.184 e. The van der Waals surface area contributed by atoms with E-state index in [0.29, 0.717) is 20.6 Å². The average molecular weight is 616 g/mol. The summed E-state index contributed by atoms with van der Waals surface area (Å²) < 4.78 is 7.50. The summed E-state index contributed by atoms with van der Waals surface area (Å²) >= 11 is 0. The second-order valence-electron chi connectivity index (χ2n) is 10.9. The van der Waals surface area contributed by atoms with Gasteiger partial charge in [0.05, 0.1) is 0 Å². The zero-order chi connectivity index (χ0) is 23.4. The van der Waals surface area contributed by atoms with Crippen LogP contribution in [0.2, 0.25) is 0 Å². The third kappa shape index (κ3) is 21.5. The van der Waals surface area contributed by atoms with Crippen LogP contribution in [0, 0.1) is 12.7 Å². The van der Waals surface area contributed by atoms with E-state index in [1.54, 1.807) is 0 Å². The molecule has 0 amide bonds. The molecular weight excluding hydrogens is 568 g/mol. The molecule has 0 N–H and O–H groups in total. The van der Waals surface area contributed by atoms with Crippen LogP contribution in [-0.4, -0.2) is 34.0 Å². The van der Waals surface area contributed by atoms with Gasteiger partial charge in [-0.3, -0.25) is 0 Å². The van der Waals surface area contributed by atoms with Crippen LogP contribution in [0.15, 0.2) is 30.3 Å². The van der Waals surface area contributed by atoms with E-state index >= 15 is 0 Å². The zero-order valence-corrected chi connectivity index (χ0v) is 25.9. The number of hydrogen-bond donors (Lipinski definition) is 0. The monoisotopic (exact) mass is 617 g/mol. The molecule has 0 saturated carbocycles. The second kappa shape index (κ2) is 16.1. The Morgan fingerprint density at radius 3 is 0.793 bits per heavy atom. The van der Waals surface area contributed by atoms with Gasteiger partial charge in [-0.25, -0.2) is 0 Å². The third-order valence-corrected chi connectivity index (χ3v) is 12.7. The van der Waals surface area contributed by atoms with E-state index in [-0.39, 0.29) is 35.6 Å². The first-order valence-corrected chi connectivity index (χ1v) is 13.5. The summed E-state index contributed by atoms with van der Waals surface area (Å²) in [5.41, 5.74) is 0. The Balaban J connectivity index is -0.000000156. The minimum Gasteiger partial charge on any atom is -0.184 e. The van der Waals surface area contributed by atoms with Crippen molar-refractivity contribution in [1.82, 2.24) is 0 Å². The van der Waals surface area contributed by atoms with Gasteiger partial charge in [0.15, 0.2) is 0 Å². The molecule has 0 spiro atoms. The predicted molar refractivity (Wildman–Crippen MR) is 134 cm³/mol. The van der Waals surface area contributed by atoms with Crippen molar-refractivity contribution in [2.24, 2.45) is 0 Å². The number of benzene rings is 1. The standard InChI is InChI=1S/2C9H21P.C6H5.CO.Os/c2*1-8(2,3)10(7)9(4,5)6;1-2-4-6-5-3-1;1-2;/h2*1-7H3;1-5H;;/q;;-1;;+1. The van der Waals surface area contributed by atoms with Crippen molar-refractivity contribution in [3.05, 3.63) is 43.0 Å². The quantitative estimate of drug-likeness (QED) is 0.158. The molecule has 1 nitrogen and oxygen atoms in total. The summed E-state index contributed by atoms with van der Waals surface area (Å²) in [6.07, 6.45) is 0. The Kier molecular flexibility index (Phi) is 20.5. The first-order valence-electron chi connectivity index (χ1n) is 9.90. The Labute approximate surface area is 199 Å². The normalized spacial score (nSPS) is 11.7. The molecule has 171 valence electrons. The van der Waals surface area contributed by atoms with Crippen LogP contribution in [0.5, 0.6) is 0 Å². The van der Waals surface area contributed by atoms with Gasteiger partial charge in [0.1, 0.15) is 0 Å². The summed E-state index contributed by atoms with van der Waals surface area (Å²) in [5.74, 6) is 0. The summed E-state index contributed by atoms with van der Waals surface area (Å²) in [6.45, 7) is 37.3. The van der Waals surface area contributed by atoms with E-state index < -0.39 is 0 Å². The van der Waals surface area contributed by atoms with Gasteiger partial charge < -0.3 is 0 Å². The summed E-state index contributed by atoms with van der Waals surface area (Å²) in [5, 5.41) is 2.03. The molecular formula is C25H47OOsP2. The largest absolute Gasteiger partial charge is 1.00 e. The fourth-order valence-electron chi connectivity index (χ4n) is 2.35. The molecule has 0 aliphatic rings. The molecule has 4 heteroatoms. The average Bonchev–Trinajstić information content (AvgIpc) is 2.55. The van der Waals surface area contributed by atoms with Gasteiger partial charge in [0, 0.05) is 0 Å². The summed E-state index contributed by atoms with van der Waals surface area (Å²) in [4.78, 5) is 0. The van der Waals surface area contributed by atoms with Gasteiger partial charge in [-0.05, 0) is 34.0 Å². The van der Waals surface area contributed by atoms with Crippen LogP contribution in [0.4, 0.5) is 0 Å².